The Balaban J connectivity index is 1.86. The second-order valence-electron chi connectivity index (χ2n) is 8.10. The number of hydrogen-bond donors (Lipinski definition) is 1. The normalized spacial score (nSPS) is 22.4. The molecule has 4 heteroatoms. The van der Waals surface area contributed by atoms with Gasteiger partial charge in [-0.2, -0.15) is 0 Å². The molecule has 3 nitrogen and oxygen atoms in total. The van der Waals surface area contributed by atoms with Gasteiger partial charge in [-0.15, -0.1) is 21.5 Å². The first-order valence-corrected chi connectivity index (χ1v) is 9.17. The molecule has 1 aromatic rings. The van der Waals surface area contributed by atoms with Crippen LogP contribution in [0, 0.1) is 5.41 Å². The highest BCUT2D eigenvalue weighted by molar-refractivity contribution is 7.11. The molecule has 1 saturated carbocycles. The summed E-state index contributed by atoms with van der Waals surface area (Å²) in [6.45, 7) is 12.5. The van der Waals surface area contributed by atoms with E-state index in [1.54, 1.807) is 0 Å². The zero-order valence-electron chi connectivity index (χ0n) is 14.3. The van der Waals surface area contributed by atoms with E-state index in [2.05, 4.69) is 50.1 Å². The van der Waals surface area contributed by atoms with E-state index < -0.39 is 0 Å². The molecule has 1 aliphatic rings. The molecule has 1 N–H and O–H groups in total. The van der Waals surface area contributed by atoms with E-state index in [9.17, 15) is 0 Å². The number of nitrogens with zero attached hydrogens (tertiary/aromatic N) is 2. The average Bonchev–Trinajstić information content (AvgIpc) is 2.81. The molecule has 0 aromatic carbocycles. The Bertz CT molecular complexity index is 445. The topological polar surface area (TPSA) is 37.8 Å². The Morgan fingerprint density at radius 3 is 2.67 bits per heavy atom. The summed E-state index contributed by atoms with van der Waals surface area (Å²) in [6, 6.07) is 0. The molecular formula is C17H31N3S. The maximum atomic E-state index is 4.51. The molecule has 0 spiro atoms. The smallest absolute Gasteiger partial charge is 0.121 e. The monoisotopic (exact) mass is 309 g/mol. The molecule has 1 unspecified atom stereocenters. The van der Waals surface area contributed by atoms with Gasteiger partial charge in [-0.25, -0.2) is 0 Å². The molecular weight excluding hydrogens is 278 g/mol. The molecule has 0 bridgehead atoms. The van der Waals surface area contributed by atoms with Crippen LogP contribution in [0.1, 0.15) is 82.7 Å². The molecule has 0 radical (unpaired) electrons. The van der Waals surface area contributed by atoms with Gasteiger partial charge in [0.15, 0.2) is 0 Å². The summed E-state index contributed by atoms with van der Waals surface area (Å²) in [5.41, 5.74) is 0.598. The first-order valence-electron chi connectivity index (χ1n) is 8.35. The fourth-order valence-electron chi connectivity index (χ4n) is 3.16. The van der Waals surface area contributed by atoms with Crippen molar-refractivity contribution in [2.45, 2.75) is 84.6 Å². The second kappa shape index (κ2) is 6.74. The zero-order chi connectivity index (χ0) is 15.5. The number of nitrogens with one attached hydrogen (secondary N) is 1. The quantitative estimate of drug-likeness (QED) is 0.811. The summed E-state index contributed by atoms with van der Waals surface area (Å²) in [6.07, 6.45) is 7.51. The van der Waals surface area contributed by atoms with Gasteiger partial charge in [0.2, 0.25) is 0 Å². The SMILES string of the molecule is CC(C)(C)NCCCc1nnc(C2CCCCC2(C)C)s1. The molecule has 1 fully saturated rings. The first-order chi connectivity index (χ1) is 9.78. The van der Waals surface area contributed by atoms with Crippen LogP contribution in [0.5, 0.6) is 0 Å². The van der Waals surface area contributed by atoms with Gasteiger partial charge in [0, 0.05) is 17.9 Å². The molecule has 21 heavy (non-hydrogen) atoms. The first kappa shape index (κ1) is 16.9. The van der Waals surface area contributed by atoms with Gasteiger partial charge in [0.05, 0.1) is 0 Å². The van der Waals surface area contributed by atoms with Crippen LogP contribution in [0.15, 0.2) is 0 Å². The lowest BCUT2D eigenvalue weighted by Crippen LogP contribution is -2.36. The van der Waals surface area contributed by atoms with Gasteiger partial charge in [0.1, 0.15) is 10.0 Å². The average molecular weight is 310 g/mol. The summed E-state index contributed by atoms with van der Waals surface area (Å²) in [4.78, 5) is 0. The van der Waals surface area contributed by atoms with Crippen molar-refractivity contribution in [1.82, 2.24) is 15.5 Å². The minimum absolute atomic E-state index is 0.207. The Morgan fingerprint density at radius 1 is 1.24 bits per heavy atom. The third-order valence-electron chi connectivity index (χ3n) is 4.51. The van der Waals surface area contributed by atoms with E-state index >= 15 is 0 Å². The number of aromatic nitrogens is 2. The second-order valence-corrected chi connectivity index (χ2v) is 9.19. The van der Waals surface area contributed by atoms with Gasteiger partial charge in [0.25, 0.3) is 0 Å². The van der Waals surface area contributed by atoms with E-state index in [1.807, 2.05) is 11.3 Å². The van der Waals surface area contributed by atoms with Gasteiger partial charge in [-0.05, 0) is 52.0 Å². The van der Waals surface area contributed by atoms with Crippen molar-refractivity contribution < 1.29 is 0 Å². The third kappa shape index (κ3) is 5.03. The Morgan fingerprint density at radius 2 is 2.00 bits per heavy atom. The van der Waals surface area contributed by atoms with Gasteiger partial charge < -0.3 is 5.32 Å². The van der Waals surface area contributed by atoms with Crippen LogP contribution in [0.4, 0.5) is 0 Å². The fourth-order valence-corrected chi connectivity index (χ4v) is 4.39. The lowest BCUT2D eigenvalue weighted by molar-refractivity contribution is 0.198. The summed E-state index contributed by atoms with van der Waals surface area (Å²) in [5.74, 6) is 0.616. The van der Waals surface area contributed by atoms with Crippen LogP contribution in [-0.2, 0) is 6.42 Å². The summed E-state index contributed by atoms with van der Waals surface area (Å²) in [5, 5.41) is 15.0. The minimum Gasteiger partial charge on any atom is -0.312 e. The highest BCUT2D eigenvalue weighted by Crippen LogP contribution is 2.47. The van der Waals surface area contributed by atoms with Crippen molar-refractivity contribution in [1.29, 1.82) is 0 Å². The van der Waals surface area contributed by atoms with Crippen molar-refractivity contribution in [3.05, 3.63) is 10.0 Å². The Labute approximate surface area is 133 Å². The molecule has 0 amide bonds. The lowest BCUT2D eigenvalue weighted by atomic mass is 9.69. The molecule has 1 heterocycles. The van der Waals surface area contributed by atoms with Crippen LogP contribution in [-0.4, -0.2) is 22.3 Å². The minimum atomic E-state index is 0.207. The van der Waals surface area contributed by atoms with Crippen molar-refractivity contribution in [3.63, 3.8) is 0 Å². The molecule has 1 aliphatic carbocycles. The largest absolute Gasteiger partial charge is 0.312 e. The third-order valence-corrected chi connectivity index (χ3v) is 5.61. The predicted molar refractivity (Wildman–Crippen MR) is 91.0 cm³/mol. The highest BCUT2D eigenvalue weighted by Gasteiger charge is 2.35. The van der Waals surface area contributed by atoms with Crippen LogP contribution in [0.3, 0.4) is 0 Å². The van der Waals surface area contributed by atoms with E-state index in [4.69, 9.17) is 0 Å². The van der Waals surface area contributed by atoms with Gasteiger partial charge >= 0.3 is 0 Å². The molecule has 1 atom stereocenters. The van der Waals surface area contributed by atoms with E-state index in [1.165, 1.54) is 35.7 Å². The standard InChI is InChI=1S/C17H31N3S/c1-16(2,3)18-12-8-10-14-19-20-15(21-14)13-9-6-7-11-17(13,4)5/h13,18H,6-12H2,1-5H3. The Kier molecular flexibility index (Phi) is 5.42. The van der Waals surface area contributed by atoms with Gasteiger partial charge in [-0.3, -0.25) is 0 Å². The van der Waals surface area contributed by atoms with E-state index in [0.29, 0.717) is 11.3 Å². The molecule has 0 saturated heterocycles. The lowest BCUT2D eigenvalue weighted by Gasteiger charge is -2.37. The number of rotatable bonds is 5. The summed E-state index contributed by atoms with van der Waals surface area (Å²) < 4.78 is 0. The molecule has 120 valence electrons. The van der Waals surface area contributed by atoms with Crippen LogP contribution in [0.25, 0.3) is 0 Å². The van der Waals surface area contributed by atoms with Crippen molar-refractivity contribution in [2.24, 2.45) is 5.41 Å². The predicted octanol–water partition coefficient (Wildman–Crippen LogP) is 4.54. The van der Waals surface area contributed by atoms with E-state index in [0.717, 1.165) is 19.4 Å². The van der Waals surface area contributed by atoms with Crippen LogP contribution < -0.4 is 5.32 Å². The van der Waals surface area contributed by atoms with Crippen LogP contribution >= 0.6 is 11.3 Å². The van der Waals surface area contributed by atoms with Crippen molar-refractivity contribution in [3.8, 4) is 0 Å². The molecule has 0 aliphatic heterocycles. The zero-order valence-corrected chi connectivity index (χ0v) is 15.1. The van der Waals surface area contributed by atoms with Crippen LogP contribution in [0.2, 0.25) is 0 Å². The summed E-state index contributed by atoms with van der Waals surface area (Å²) >= 11 is 1.85. The number of aryl methyl sites for hydroxylation is 1. The molecule has 2 rings (SSSR count). The summed E-state index contributed by atoms with van der Waals surface area (Å²) in [7, 11) is 0. The van der Waals surface area contributed by atoms with Crippen molar-refractivity contribution >= 4 is 11.3 Å². The van der Waals surface area contributed by atoms with Gasteiger partial charge in [-0.1, -0.05) is 26.7 Å². The Hall–Kier alpha value is -0.480. The highest BCUT2D eigenvalue weighted by atomic mass is 32.1. The van der Waals surface area contributed by atoms with E-state index in [-0.39, 0.29) is 5.54 Å². The molecule has 1 aromatic heterocycles. The van der Waals surface area contributed by atoms with Crippen molar-refractivity contribution in [2.75, 3.05) is 6.54 Å². The fraction of sp³-hybridized carbons (Fsp3) is 0.882. The maximum absolute atomic E-state index is 4.51. The number of hydrogen-bond acceptors (Lipinski definition) is 4. The maximum Gasteiger partial charge on any atom is 0.121 e.